The third kappa shape index (κ3) is 8.48. The molecule has 0 heterocycles. The molecule has 0 saturated heterocycles. The Balaban J connectivity index is 1.42. The van der Waals surface area contributed by atoms with E-state index in [9.17, 15) is 18.0 Å². The number of anilines is 2. The highest BCUT2D eigenvalue weighted by Crippen LogP contribution is 2.23. The summed E-state index contributed by atoms with van der Waals surface area (Å²) in [6.45, 7) is 0. The number of benzene rings is 4. The SMILES string of the molecule is COc1ccc(N(C)C(=O)[C@H](Cc2ccccc2)NC(=O)NS(=O)(=O)Nc2ccc(Oc3ccccc3)cc2)cc1. The molecule has 0 radical (unpaired) electrons. The fourth-order valence-electron chi connectivity index (χ4n) is 3.92. The summed E-state index contributed by atoms with van der Waals surface area (Å²) in [5.41, 5.74) is 1.57. The molecule has 0 aliphatic rings. The van der Waals surface area contributed by atoms with E-state index in [0.717, 1.165) is 5.56 Å². The van der Waals surface area contributed by atoms with Crippen molar-refractivity contribution in [2.45, 2.75) is 12.5 Å². The van der Waals surface area contributed by atoms with E-state index in [2.05, 4.69) is 10.0 Å². The molecule has 0 fully saturated rings. The average Bonchev–Trinajstić information content (AvgIpc) is 2.97. The van der Waals surface area contributed by atoms with Crippen molar-refractivity contribution < 1.29 is 27.5 Å². The normalized spacial score (nSPS) is 11.6. The third-order valence-electron chi connectivity index (χ3n) is 5.99. The van der Waals surface area contributed by atoms with E-state index in [1.165, 1.54) is 17.0 Å². The Morgan fingerprint density at radius 1 is 0.780 bits per heavy atom. The number of methoxy groups -OCH3 is 1. The predicted octanol–water partition coefficient (Wildman–Crippen LogP) is 4.72. The van der Waals surface area contributed by atoms with Gasteiger partial charge in [-0.1, -0.05) is 48.5 Å². The van der Waals surface area contributed by atoms with Crippen LogP contribution in [0.15, 0.2) is 109 Å². The van der Waals surface area contributed by atoms with Crippen LogP contribution in [0.25, 0.3) is 0 Å². The first kappa shape index (κ1) is 29.0. The quantitative estimate of drug-likeness (QED) is 0.238. The number of rotatable bonds is 11. The van der Waals surface area contributed by atoms with Crippen LogP contribution in [-0.2, 0) is 21.4 Å². The Morgan fingerprint density at radius 3 is 1.95 bits per heavy atom. The largest absolute Gasteiger partial charge is 0.497 e. The van der Waals surface area contributed by atoms with Crippen molar-refractivity contribution in [1.29, 1.82) is 0 Å². The van der Waals surface area contributed by atoms with E-state index in [0.29, 0.717) is 22.9 Å². The minimum Gasteiger partial charge on any atom is -0.497 e. The zero-order chi connectivity index (χ0) is 29.2. The molecular formula is C30H30N4O6S. The van der Waals surface area contributed by atoms with Gasteiger partial charge in [0, 0.05) is 19.2 Å². The summed E-state index contributed by atoms with van der Waals surface area (Å²) < 4.78 is 40.5. The fourth-order valence-corrected chi connectivity index (χ4v) is 4.72. The fraction of sp³-hybridized carbons (Fsp3) is 0.133. The first-order valence-corrected chi connectivity index (χ1v) is 14.1. The van der Waals surface area contributed by atoms with Crippen molar-refractivity contribution in [1.82, 2.24) is 10.0 Å². The molecule has 0 spiro atoms. The molecule has 212 valence electrons. The second-order valence-electron chi connectivity index (χ2n) is 8.96. The first-order chi connectivity index (χ1) is 19.7. The van der Waals surface area contributed by atoms with Gasteiger partial charge in [0.15, 0.2) is 0 Å². The van der Waals surface area contributed by atoms with E-state index in [1.54, 1.807) is 62.7 Å². The molecule has 4 aromatic rings. The highest BCUT2D eigenvalue weighted by atomic mass is 32.2. The Hall–Kier alpha value is -5.03. The van der Waals surface area contributed by atoms with E-state index in [-0.39, 0.29) is 12.1 Å². The Labute approximate surface area is 239 Å². The lowest BCUT2D eigenvalue weighted by Crippen LogP contribution is -2.53. The molecule has 41 heavy (non-hydrogen) atoms. The molecule has 3 N–H and O–H groups in total. The topological polar surface area (TPSA) is 126 Å². The van der Waals surface area contributed by atoms with Gasteiger partial charge in [0.05, 0.1) is 12.8 Å². The number of urea groups is 1. The lowest BCUT2D eigenvalue weighted by molar-refractivity contribution is -0.120. The first-order valence-electron chi connectivity index (χ1n) is 12.6. The number of nitrogens with zero attached hydrogens (tertiary/aromatic N) is 1. The number of hydrogen-bond donors (Lipinski definition) is 3. The number of likely N-dealkylation sites (N-methyl/N-ethyl adjacent to an activating group) is 1. The van der Waals surface area contributed by atoms with Gasteiger partial charge in [0.2, 0.25) is 5.91 Å². The van der Waals surface area contributed by atoms with Crippen LogP contribution in [0, 0.1) is 0 Å². The van der Waals surface area contributed by atoms with Gasteiger partial charge in [-0.25, -0.2) is 9.52 Å². The van der Waals surface area contributed by atoms with Crippen LogP contribution < -0.4 is 29.1 Å². The number of amides is 3. The van der Waals surface area contributed by atoms with Gasteiger partial charge >= 0.3 is 16.2 Å². The zero-order valence-corrected chi connectivity index (χ0v) is 23.3. The lowest BCUT2D eigenvalue weighted by atomic mass is 10.0. The number of carbonyl (C=O) groups is 2. The van der Waals surface area contributed by atoms with E-state index < -0.39 is 28.2 Å². The Bertz CT molecular complexity index is 1550. The minimum atomic E-state index is -4.32. The van der Waals surface area contributed by atoms with Crippen LogP contribution >= 0.6 is 0 Å². The monoisotopic (exact) mass is 574 g/mol. The smallest absolute Gasteiger partial charge is 0.330 e. The highest BCUT2D eigenvalue weighted by Gasteiger charge is 2.27. The molecule has 0 aromatic heterocycles. The van der Waals surface area contributed by atoms with Crippen LogP contribution in [0.4, 0.5) is 16.2 Å². The Kier molecular flexibility index (Phi) is 9.43. The number of ether oxygens (including phenoxy) is 2. The number of carbonyl (C=O) groups excluding carboxylic acids is 2. The molecule has 0 unspecified atom stereocenters. The van der Waals surface area contributed by atoms with Gasteiger partial charge in [-0.2, -0.15) is 8.42 Å². The van der Waals surface area contributed by atoms with Gasteiger partial charge in [0.1, 0.15) is 23.3 Å². The van der Waals surface area contributed by atoms with Gasteiger partial charge in [-0.3, -0.25) is 9.52 Å². The summed E-state index contributed by atoms with van der Waals surface area (Å²) in [6, 6.07) is 29.1. The van der Waals surface area contributed by atoms with E-state index in [4.69, 9.17) is 9.47 Å². The van der Waals surface area contributed by atoms with Crippen molar-refractivity contribution in [2.75, 3.05) is 23.8 Å². The highest BCUT2D eigenvalue weighted by molar-refractivity contribution is 7.91. The van der Waals surface area contributed by atoms with Crippen LogP contribution in [0.1, 0.15) is 5.56 Å². The molecular weight excluding hydrogens is 544 g/mol. The van der Waals surface area contributed by atoms with Crippen molar-refractivity contribution in [3.8, 4) is 17.2 Å². The van der Waals surface area contributed by atoms with Crippen LogP contribution in [0.3, 0.4) is 0 Å². The van der Waals surface area contributed by atoms with Crippen molar-refractivity contribution in [3.63, 3.8) is 0 Å². The number of para-hydroxylation sites is 1. The van der Waals surface area contributed by atoms with Crippen LogP contribution in [-0.4, -0.2) is 40.6 Å². The third-order valence-corrected chi connectivity index (χ3v) is 6.95. The summed E-state index contributed by atoms with van der Waals surface area (Å²) in [5, 5.41) is 2.51. The maximum absolute atomic E-state index is 13.4. The van der Waals surface area contributed by atoms with Crippen LogP contribution in [0.5, 0.6) is 17.2 Å². The summed E-state index contributed by atoms with van der Waals surface area (Å²) >= 11 is 0. The molecule has 4 rings (SSSR count). The number of nitrogens with one attached hydrogen (secondary N) is 3. The van der Waals surface area contributed by atoms with Gasteiger partial charge in [-0.15, -0.1) is 0 Å². The lowest BCUT2D eigenvalue weighted by Gasteiger charge is -2.25. The van der Waals surface area contributed by atoms with E-state index >= 15 is 0 Å². The van der Waals surface area contributed by atoms with Crippen LogP contribution in [0.2, 0.25) is 0 Å². The maximum Gasteiger partial charge on any atom is 0.330 e. The van der Waals surface area contributed by atoms with Gasteiger partial charge < -0.3 is 19.7 Å². The Morgan fingerprint density at radius 2 is 1.34 bits per heavy atom. The molecule has 3 amide bonds. The molecule has 0 saturated carbocycles. The molecule has 10 nitrogen and oxygen atoms in total. The summed E-state index contributed by atoms with van der Waals surface area (Å²) in [4.78, 5) is 27.6. The number of hydrogen-bond acceptors (Lipinski definition) is 6. The molecule has 0 aliphatic carbocycles. The van der Waals surface area contributed by atoms with Crippen molar-refractivity contribution >= 4 is 33.5 Å². The van der Waals surface area contributed by atoms with Crippen molar-refractivity contribution in [3.05, 3.63) is 115 Å². The van der Waals surface area contributed by atoms with Gasteiger partial charge in [0.25, 0.3) is 0 Å². The molecule has 1 atom stereocenters. The molecule has 11 heteroatoms. The predicted molar refractivity (Wildman–Crippen MR) is 158 cm³/mol. The van der Waals surface area contributed by atoms with Crippen molar-refractivity contribution in [2.24, 2.45) is 0 Å². The molecule has 0 aliphatic heterocycles. The molecule has 4 aromatic carbocycles. The second-order valence-corrected chi connectivity index (χ2v) is 10.4. The maximum atomic E-state index is 13.4. The standard InChI is InChI=1S/C30H30N4O6S/c1-34(24-15-19-25(39-2)20-16-24)29(35)28(21-22-9-5-3-6-10-22)31-30(36)33-41(37,38)32-23-13-17-27(18-14-23)40-26-11-7-4-8-12-26/h3-20,28,32H,21H2,1-2H3,(H2,31,33,36)/t28-/m0/s1. The minimum absolute atomic E-state index is 0.143. The van der Waals surface area contributed by atoms with Gasteiger partial charge in [-0.05, 0) is 66.2 Å². The average molecular weight is 575 g/mol. The molecule has 0 bridgehead atoms. The summed E-state index contributed by atoms with van der Waals surface area (Å²) in [5.74, 6) is 1.34. The summed E-state index contributed by atoms with van der Waals surface area (Å²) in [6.07, 6.45) is 0.143. The second kappa shape index (κ2) is 13.4. The zero-order valence-electron chi connectivity index (χ0n) is 22.5. The van der Waals surface area contributed by atoms with E-state index in [1.807, 2.05) is 53.3 Å². The summed E-state index contributed by atoms with van der Waals surface area (Å²) in [7, 11) is -1.20.